The average molecular weight is 343 g/mol. The van der Waals surface area contributed by atoms with Gasteiger partial charge in [0.25, 0.3) is 5.91 Å². The van der Waals surface area contributed by atoms with Crippen LogP contribution < -0.4 is 10.1 Å². The average Bonchev–Trinajstić information content (AvgIpc) is 2.49. The van der Waals surface area contributed by atoms with Gasteiger partial charge in [-0.3, -0.25) is 9.59 Å². The van der Waals surface area contributed by atoms with Crippen LogP contribution in [0.3, 0.4) is 0 Å². The first-order valence-corrected chi connectivity index (χ1v) is 7.46. The van der Waals surface area contributed by atoms with Gasteiger partial charge in [-0.2, -0.15) is 5.26 Å². The Balaban J connectivity index is 0. The van der Waals surface area contributed by atoms with Gasteiger partial charge in [0.1, 0.15) is 12.3 Å². The molecule has 1 aromatic rings. The number of ether oxygens (including phenoxy) is 1. The third kappa shape index (κ3) is 11.0. The van der Waals surface area contributed by atoms with E-state index in [2.05, 4.69) is 5.32 Å². The lowest BCUT2D eigenvalue weighted by Gasteiger charge is -2.12. The first kappa shape index (κ1) is 23.0. The standard InChI is InChI=1S/C12H14ClNO4.C2H3N.C2H6/c1-7(2)18-10-4-3-8(5-9(10)13)12(17)14-6-11(15)16;1-2-3;1-2/h3-5,7H,6H2,1-2H3,(H,14,17)(H,15,16);1H3;1-2H3. The van der Waals surface area contributed by atoms with E-state index >= 15 is 0 Å². The summed E-state index contributed by atoms with van der Waals surface area (Å²) in [7, 11) is 0. The lowest BCUT2D eigenvalue weighted by atomic mass is 10.2. The van der Waals surface area contributed by atoms with E-state index in [0.29, 0.717) is 10.8 Å². The predicted octanol–water partition coefficient (Wildman–Crippen LogP) is 3.50. The minimum absolute atomic E-state index is 0.0193. The van der Waals surface area contributed by atoms with Gasteiger partial charge in [-0.05, 0) is 32.0 Å². The van der Waals surface area contributed by atoms with Crippen molar-refractivity contribution in [3.8, 4) is 11.8 Å². The summed E-state index contributed by atoms with van der Waals surface area (Å²) < 4.78 is 5.42. The van der Waals surface area contributed by atoms with Crippen molar-refractivity contribution in [2.24, 2.45) is 0 Å². The van der Waals surface area contributed by atoms with Gasteiger partial charge in [0, 0.05) is 12.5 Å². The Kier molecular flexibility index (Phi) is 13.4. The SMILES string of the molecule is CC.CC#N.CC(C)Oc1ccc(C(=O)NCC(=O)O)cc1Cl. The highest BCUT2D eigenvalue weighted by atomic mass is 35.5. The highest BCUT2D eigenvalue weighted by Gasteiger charge is 2.11. The van der Waals surface area contributed by atoms with E-state index < -0.39 is 18.4 Å². The number of amides is 1. The number of carboxylic acids is 1. The molecule has 23 heavy (non-hydrogen) atoms. The van der Waals surface area contributed by atoms with Crippen LogP contribution in [0.15, 0.2) is 18.2 Å². The second-order valence-electron chi connectivity index (χ2n) is 4.11. The molecule has 0 aliphatic carbocycles. The fourth-order valence-electron chi connectivity index (χ4n) is 1.25. The second kappa shape index (κ2) is 13.4. The Hall–Kier alpha value is -2.26. The summed E-state index contributed by atoms with van der Waals surface area (Å²) >= 11 is 5.96. The highest BCUT2D eigenvalue weighted by Crippen LogP contribution is 2.26. The van der Waals surface area contributed by atoms with Crippen LogP contribution >= 0.6 is 11.6 Å². The zero-order chi connectivity index (χ0) is 18.4. The molecule has 2 N–H and O–H groups in total. The van der Waals surface area contributed by atoms with Gasteiger partial charge in [0.05, 0.1) is 17.2 Å². The molecule has 0 saturated heterocycles. The molecule has 0 bridgehead atoms. The molecule has 0 unspecified atom stereocenters. The summed E-state index contributed by atoms with van der Waals surface area (Å²) in [4.78, 5) is 21.9. The number of hydrogen-bond acceptors (Lipinski definition) is 4. The molecule has 0 atom stereocenters. The van der Waals surface area contributed by atoms with Gasteiger partial charge in [-0.15, -0.1) is 0 Å². The fraction of sp³-hybridized carbons (Fsp3) is 0.438. The van der Waals surface area contributed by atoms with Crippen LogP contribution in [0, 0.1) is 11.3 Å². The number of carboxylic acid groups (broad SMARTS) is 1. The molecule has 0 aliphatic rings. The van der Waals surface area contributed by atoms with Gasteiger partial charge in [-0.25, -0.2) is 0 Å². The van der Waals surface area contributed by atoms with Crippen molar-refractivity contribution >= 4 is 23.5 Å². The van der Waals surface area contributed by atoms with Crippen LogP contribution in [-0.2, 0) is 4.79 Å². The number of hydrogen-bond donors (Lipinski definition) is 2. The fourth-order valence-corrected chi connectivity index (χ4v) is 1.47. The largest absolute Gasteiger partial charge is 0.489 e. The van der Waals surface area contributed by atoms with Crippen LogP contribution in [0.1, 0.15) is 45.0 Å². The number of carbonyl (C=O) groups excluding carboxylic acids is 1. The second-order valence-corrected chi connectivity index (χ2v) is 4.52. The number of aliphatic carboxylic acids is 1. The molecule has 6 nitrogen and oxygen atoms in total. The Morgan fingerprint density at radius 1 is 1.39 bits per heavy atom. The molecule has 0 spiro atoms. The van der Waals surface area contributed by atoms with Crippen molar-refractivity contribution in [1.29, 1.82) is 5.26 Å². The highest BCUT2D eigenvalue weighted by molar-refractivity contribution is 6.32. The Labute approximate surface area is 142 Å². The summed E-state index contributed by atoms with van der Waals surface area (Å²) in [5.74, 6) is -1.11. The maximum Gasteiger partial charge on any atom is 0.322 e. The normalized spacial score (nSPS) is 8.61. The zero-order valence-electron chi connectivity index (χ0n) is 14.0. The van der Waals surface area contributed by atoms with E-state index in [1.807, 2.05) is 27.7 Å². The van der Waals surface area contributed by atoms with Crippen molar-refractivity contribution in [3.63, 3.8) is 0 Å². The molecule has 0 radical (unpaired) electrons. The maximum atomic E-state index is 11.6. The first-order valence-electron chi connectivity index (χ1n) is 7.08. The van der Waals surface area contributed by atoms with E-state index in [0.717, 1.165) is 0 Å². The molecule has 0 heterocycles. The number of nitrogens with one attached hydrogen (secondary N) is 1. The zero-order valence-corrected chi connectivity index (χ0v) is 14.8. The monoisotopic (exact) mass is 342 g/mol. The number of nitriles is 1. The van der Waals surface area contributed by atoms with Crippen LogP contribution in [0.25, 0.3) is 0 Å². The molecule has 7 heteroatoms. The smallest absolute Gasteiger partial charge is 0.322 e. The van der Waals surface area contributed by atoms with Crippen molar-refractivity contribution in [1.82, 2.24) is 5.32 Å². The van der Waals surface area contributed by atoms with E-state index in [4.69, 9.17) is 26.7 Å². The number of benzene rings is 1. The van der Waals surface area contributed by atoms with Crippen molar-refractivity contribution in [2.45, 2.75) is 40.7 Å². The summed E-state index contributed by atoms with van der Waals surface area (Å²) in [5, 5.41) is 18.3. The number of nitrogens with zero attached hydrogens (tertiary/aromatic N) is 1. The molecular weight excluding hydrogens is 320 g/mol. The van der Waals surface area contributed by atoms with Gasteiger partial charge in [0.2, 0.25) is 0 Å². The van der Waals surface area contributed by atoms with E-state index in [-0.39, 0.29) is 11.7 Å². The van der Waals surface area contributed by atoms with Crippen LogP contribution in [0.2, 0.25) is 5.02 Å². The Morgan fingerprint density at radius 2 is 1.91 bits per heavy atom. The Bertz CT molecular complexity index is 539. The summed E-state index contributed by atoms with van der Waals surface area (Å²) in [6, 6.07) is 6.30. The number of rotatable bonds is 5. The van der Waals surface area contributed by atoms with Gasteiger partial charge >= 0.3 is 5.97 Å². The molecule has 1 amide bonds. The van der Waals surface area contributed by atoms with Crippen LogP contribution in [0.5, 0.6) is 5.75 Å². The minimum atomic E-state index is -1.10. The minimum Gasteiger partial charge on any atom is -0.489 e. The topological polar surface area (TPSA) is 99.4 Å². The van der Waals surface area contributed by atoms with Gasteiger partial charge in [-0.1, -0.05) is 25.4 Å². The van der Waals surface area contributed by atoms with Gasteiger partial charge in [0.15, 0.2) is 0 Å². The molecule has 0 aliphatic heterocycles. The molecule has 1 rings (SSSR count). The molecule has 1 aromatic carbocycles. The van der Waals surface area contributed by atoms with E-state index in [1.165, 1.54) is 19.1 Å². The summed E-state index contributed by atoms with van der Waals surface area (Å²) in [6.45, 7) is 8.73. The van der Waals surface area contributed by atoms with Crippen molar-refractivity contribution < 1.29 is 19.4 Å². The number of carbonyl (C=O) groups is 2. The lowest BCUT2D eigenvalue weighted by molar-refractivity contribution is -0.135. The summed E-state index contributed by atoms with van der Waals surface area (Å²) in [5.41, 5.74) is 0.289. The number of halogens is 1. The Morgan fingerprint density at radius 3 is 2.30 bits per heavy atom. The third-order valence-electron chi connectivity index (χ3n) is 1.96. The third-order valence-corrected chi connectivity index (χ3v) is 2.25. The molecule has 128 valence electrons. The maximum absolute atomic E-state index is 11.6. The quantitative estimate of drug-likeness (QED) is 0.853. The van der Waals surface area contributed by atoms with E-state index in [1.54, 1.807) is 12.1 Å². The summed E-state index contributed by atoms with van der Waals surface area (Å²) in [6.07, 6.45) is -0.0193. The van der Waals surface area contributed by atoms with E-state index in [9.17, 15) is 9.59 Å². The lowest BCUT2D eigenvalue weighted by Crippen LogP contribution is -2.29. The molecular formula is C16H23ClN2O4. The van der Waals surface area contributed by atoms with Crippen LogP contribution in [-0.4, -0.2) is 29.6 Å². The van der Waals surface area contributed by atoms with Crippen molar-refractivity contribution in [3.05, 3.63) is 28.8 Å². The first-order chi connectivity index (χ1) is 10.8. The predicted molar refractivity (Wildman–Crippen MR) is 89.8 cm³/mol. The van der Waals surface area contributed by atoms with Crippen molar-refractivity contribution in [2.75, 3.05) is 6.54 Å². The molecule has 0 fully saturated rings. The van der Waals surface area contributed by atoms with Gasteiger partial charge < -0.3 is 15.2 Å². The van der Waals surface area contributed by atoms with Crippen LogP contribution in [0.4, 0.5) is 0 Å². The molecule has 0 aromatic heterocycles. The molecule has 0 saturated carbocycles.